The van der Waals surface area contributed by atoms with Crippen LogP contribution in [0.15, 0.2) is 58.6 Å². The number of sulfonamides is 2. The lowest BCUT2D eigenvalue weighted by molar-refractivity contribution is 0.247. The van der Waals surface area contributed by atoms with Crippen molar-refractivity contribution in [1.29, 1.82) is 0 Å². The van der Waals surface area contributed by atoms with Gasteiger partial charge in [-0.2, -0.15) is 4.31 Å². The normalized spacial score (nSPS) is 18.0. The monoisotopic (exact) mass is 730 g/mol. The van der Waals surface area contributed by atoms with Crippen LogP contribution in [0, 0.1) is 0 Å². The van der Waals surface area contributed by atoms with Gasteiger partial charge in [-0.3, -0.25) is 0 Å². The molecule has 2 aliphatic carbocycles. The van der Waals surface area contributed by atoms with Crippen LogP contribution < -0.4 is 4.72 Å². The van der Waals surface area contributed by atoms with Crippen molar-refractivity contribution < 1.29 is 16.8 Å². The molecule has 2 heterocycles. The molecule has 242 valence electrons. The molecular weight excluding hydrogens is 698 g/mol. The van der Waals surface area contributed by atoms with Crippen molar-refractivity contribution in [2.45, 2.75) is 86.1 Å². The summed E-state index contributed by atoms with van der Waals surface area (Å²) < 4.78 is 55.6. The Labute approximate surface area is 284 Å². The predicted molar refractivity (Wildman–Crippen MR) is 183 cm³/mol. The van der Waals surface area contributed by atoms with Gasteiger partial charge in [-0.25, -0.2) is 31.5 Å². The van der Waals surface area contributed by atoms with Gasteiger partial charge in [0.2, 0.25) is 20.0 Å². The van der Waals surface area contributed by atoms with Gasteiger partial charge in [-0.15, -0.1) is 0 Å². The largest absolute Gasteiger partial charge is 0.243 e. The van der Waals surface area contributed by atoms with Crippen molar-refractivity contribution >= 4 is 88.0 Å². The van der Waals surface area contributed by atoms with E-state index in [1.54, 1.807) is 37.4 Å². The van der Waals surface area contributed by atoms with Crippen LogP contribution >= 0.6 is 46.4 Å². The molecule has 8 nitrogen and oxygen atoms in total. The molecule has 0 unspecified atom stereocenters. The van der Waals surface area contributed by atoms with E-state index < -0.39 is 20.0 Å². The summed E-state index contributed by atoms with van der Waals surface area (Å²) in [6.45, 7) is 3.95. The zero-order chi connectivity index (χ0) is 32.8. The minimum atomic E-state index is -3.60. The van der Waals surface area contributed by atoms with E-state index in [0.717, 1.165) is 51.4 Å². The minimum absolute atomic E-state index is 0.180. The van der Waals surface area contributed by atoms with Crippen LogP contribution in [-0.2, 0) is 20.0 Å². The number of fused-ring (bicyclic) bond motifs is 2. The standard InChI is InChI=1S/C16H18Cl2N2O2S.C15H16Cl2N2O2S/c1-16(7-3-4-8-16)20(2)23(21,22)11-5-6-12-13(9-11)15(18)19-10-14(12)17;1-15(6-2-3-7-15)19-22(20,21)10-4-5-11-12(8-10)14(17)18-9-13(11)16/h5-6,9-10H,3-4,7-8H2,1-2H3;4-5,8-9,19H,2-3,6-7H2,1H3. The number of pyridine rings is 2. The van der Waals surface area contributed by atoms with Crippen molar-refractivity contribution in [3.05, 3.63) is 69.1 Å². The Hall–Kier alpha value is -1.76. The molecule has 0 amide bonds. The van der Waals surface area contributed by atoms with Crippen LogP contribution in [0.4, 0.5) is 0 Å². The summed E-state index contributed by atoms with van der Waals surface area (Å²) in [6, 6.07) is 9.55. The minimum Gasteiger partial charge on any atom is -0.242 e. The molecule has 0 atom stereocenters. The summed E-state index contributed by atoms with van der Waals surface area (Å²) in [5, 5.41) is 3.84. The molecule has 2 saturated carbocycles. The Bertz CT molecular complexity index is 1980. The summed E-state index contributed by atoms with van der Waals surface area (Å²) in [5.74, 6) is 0. The van der Waals surface area contributed by atoms with E-state index >= 15 is 0 Å². The molecule has 0 saturated heterocycles. The van der Waals surface area contributed by atoms with Gasteiger partial charge in [0.1, 0.15) is 10.3 Å². The zero-order valence-corrected chi connectivity index (χ0v) is 29.7. The van der Waals surface area contributed by atoms with Gasteiger partial charge in [-0.1, -0.05) is 84.2 Å². The fourth-order valence-corrected chi connectivity index (χ4v) is 10.1. The molecule has 45 heavy (non-hydrogen) atoms. The lowest BCUT2D eigenvalue weighted by Crippen LogP contribution is -2.45. The van der Waals surface area contributed by atoms with Crippen molar-refractivity contribution in [2.75, 3.05) is 7.05 Å². The number of nitrogens with one attached hydrogen (secondary N) is 1. The van der Waals surface area contributed by atoms with E-state index in [1.807, 2.05) is 13.8 Å². The second kappa shape index (κ2) is 13.0. The lowest BCUT2D eigenvalue weighted by Gasteiger charge is -2.34. The topological polar surface area (TPSA) is 109 Å². The SMILES string of the molecule is CC1(NS(=O)(=O)c2ccc3c(Cl)cnc(Cl)c3c2)CCCC1.CN(C1(C)CCCC1)S(=O)(=O)c1ccc2c(Cl)cnc(Cl)c2c1. The molecule has 1 N–H and O–H groups in total. The molecule has 6 rings (SSSR count). The molecular formula is C31H34Cl4N4O4S2. The molecule has 4 aromatic rings. The fourth-order valence-electron chi connectivity index (χ4n) is 6.18. The highest BCUT2D eigenvalue weighted by molar-refractivity contribution is 7.89. The first-order valence-electron chi connectivity index (χ1n) is 14.6. The predicted octanol–water partition coefficient (Wildman–Crippen LogP) is 8.65. The number of nitrogens with zero attached hydrogens (tertiary/aromatic N) is 3. The summed E-state index contributed by atoms with van der Waals surface area (Å²) in [7, 11) is -5.55. The molecule has 2 aliphatic rings. The van der Waals surface area contributed by atoms with Crippen molar-refractivity contribution in [2.24, 2.45) is 0 Å². The first-order valence-corrected chi connectivity index (χ1v) is 19.0. The van der Waals surface area contributed by atoms with Crippen LogP contribution in [0.3, 0.4) is 0 Å². The number of benzene rings is 2. The maximum atomic E-state index is 13.0. The smallest absolute Gasteiger partial charge is 0.242 e. The van der Waals surface area contributed by atoms with Crippen molar-refractivity contribution in [1.82, 2.24) is 19.0 Å². The van der Waals surface area contributed by atoms with Gasteiger partial charge in [0.15, 0.2) is 0 Å². The summed E-state index contributed by atoms with van der Waals surface area (Å²) in [4.78, 5) is 8.35. The third-order valence-electron chi connectivity index (χ3n) is 9.02. The number of rotatable bonds is 6. The van der Waals surface area contributed by atoms with Gasteiger partial charge < -0.3 is 0 Å². The molecule has 0 radical (unpaired) electrons. The van der Waals surface area contributed by atoms with Crippen LogP contribution in [0.1, 0.15) is 65.2 Å². The van der Waals surface area contributed by atoms with E-state index in [1.165, 1.54) is 22.8 Å². The first kappa shape index (κ1) is 34.6. The van der Waals surface area contributed by atoms with E-state index in [4.69, 9.17) is 46.4 Å². The number of aromatic nitrogens is 2. The Morgan fingerprint density at radius 3 is 1.64 bits per heavy atom. The Morgan fingerprint density at radius 2 is 1.13 bits per heavy atom. The highest BCUT2D eigenvalue weighted by atomic mass is 35.5. The molecule has 14 heteroatoms. The molecule has 2 aromatic carbocycles. The maximum Gasteiger partial charge on any atom is 0.243 e. The van der Waals surface area contributed by atoms with Crippen LogP contribution in [0.25, 0.3) is 21.5 Å². The summed E-state index contributed by atoms with van der Waals surface area (Å²) in [6.07, 6.45) is 10.6. The molecule has 2 fully saturated rings. The van der Waals surface area contributed by atoms with Gasteiger partial charge in [0.05, 0.1) is 19.8 Å². The van der Waals surface area contributed by atoms with Crippen LogP contribution in [0.5, 0.6) is 0 Å². The first-order chi connectivity index (χ1) is 21.1. The Morgan fingerprint density at radius 1 is 0.689 bits per heavy atom. The fraction of sp³-hybridized carbons (Fsp3) is 0.419. The number of hydrogen-bond donors (Lipinski definition) is 1. The number of hydrogen-bond acceptors (Lipinski definition) is 6. The molecule has 0 spiro atoms. The molecule has 2 aromatic heterocycles. The Kier molecular flexibility index (Phi) is 10.0. The number of halogens is 4. The second-order valence-electron chi connectivity index (χ2n) is 12.3. The second-order valence-corrected chi connectivity index (χ2v) is 17.4. The van der Waals surface area contributed by atoms with Gasteiger partial charge in [0.25, 0.3) is 0 Å². The summed E-state index contributed by atoms with van der Waals surface area (Å²) >= 11 is 24.3. The van der Waals surface area contributed by atoms with E-state index in [2.05, 4.69) is 14.7 Å². The molecule has 0 aliphatic heterocycles. The molecule has 0 bridgehead atoms. The Balaban J connectivity index is 0.000000178. The van der Waals surface area contributed by atoms with Crippen molar-refractivity contribution in [3.63, 3.8) is 0 Å². The van der Waals surface area contributed by atoms with Gasteiger partial charge >= 0.3 is 0 Å². The maximum absolute atomic E-state index is 13.0. The van der Waals surface area contributed by atoms with Gasteiger partial charge in [-0.05, 0) is 63.8 Å². The highest BCUT2D eigenvalue weighted by Crippen LogP contribution is 2.38. The summed E-state index contributed by atoms with van der Waals surface area (Å²) in [5.41, 5.74) is -0.700. The van der Waals surface area contributed by atoms with E-state index in [-0.39, 0.29) is 31.2 Å². The van der Waals surface area contributed by atoms with E-state index in [9.17, 15) is 16.8 Å². The van der Waals surface area contributed by atoms with Crippen LogP contribution in [-0.4, -0.2) is 49.2 Å². The average Bonchev–Trinajstić information content (AvgIpc) is 3.64. The van der Waals surface area contributed by atoms with Crippen LogP contribution in [0.2, 0.25) is 20.4 Å². The third-order valence-corrected chi connectivity index (χ3v) is 13.9. The lowest BCUT2D eigenvalue weighted by atomic mass is 10.0. The zero-order valence-electron chi connectivity index (χ0n) is 25.1. The average molecular weight is 733 g/mol. The van der Waals surface area contributed by atoms with Gasteiger partial charge in [0, 0.05) is 52.1 Å². The van der Waals surface area contributed by atoms with E-state index in [0.29, 0.717) is 31.6 Å². The quantitative estimate of drug-likeness (QED) is 0.199. The highest BCUT2D eigenvalue weighted by Gasteiger charge is 2.40. The van der Waals surface area contributed by atoms with Crippen molar-refractivity contribution in [3.8, 4) is 0 Å². The third kappa shape index (κ3) is 7.09.